The predicted molar refractivity (Wildman–Crippen MR) is 32.2 cm³/mol. The SMILES string of the molecule is Cc1ncc2occn12. The van der Waals surface area contributed by atoms with Crippen molar-refractivity contribution in [3.8, 4) is 0 Å². The highest BCUT2D eigenvalue weighted by molar-refractivity contribution is 5.31. The van der Waals surface area contributed by atoms with Gasteiger partial charge in [0.2, 0.25) is 5.71 Å². The van der Waals surface area contributed by atoms with E-state index in [1.54, 1.807) is 12.5 Å². The topological polar surface area (TPSA) is 30.4 Å². The molecule has 0 saturated heterocycles. The summed E-state index contributed by atoms with van der Waals surface area (Å²) >= 11 is 0. The van der Waals surface area contributed by atoms with Crippen molar-refractivity contribution in [3.63, 3.8) is 0 Å². The molecule has 0 saturated carbocycles. The van der Waals surface area contributed by atoms with E-state index in [0.29, 0.717) is 0 Å². The first-order chi connectivity index (χ1) is 4.38. The monoisotopic (exact) mass is 122 g/mol. The largest absolute Gasteiger partial charge is 0.445 e. The Hall–Kier alpha value is -1.25. The van der Waals surface area contributed by atoms with Crippen molar-refractivity contribution in [2.75, 3.05) is 0 Å². The smallest absolute Gasteiger partial charge is 0.223 e. The Morgan fingerprint density at radius 1 is 1.67 bits per heavy atom. The summed E-state index contributed by atoms with van der Waals surface area (Å²) in [5, 5.41) is 0. The zero-order valence-electron chi connectivity index (χ0n) is 5.03. The molecule has 3 nitrogen and oxygen atoms in total. The summed E-state index contributed by atoms with van der Waals surface area (Å²) in [5.74, 6) is 0.957. The van der Waals surface area contributed by atoms with Crippen LogP contribution in [0.5, 0.6) is 0 Å². The molecule has 0 spiro atoms. The molecule has 3 heteroatoms. The van der Waals surface area contributed by atoms with Gasteiger partial charge in [-0.25, -0.2) is 4.98 Å². The minimum atomic E-state index is 0.799. The van der Waals surface area contributed by atoms with Crippen molar-refractivity contribution in [1.82, 2.24) is 9.38 Å². The molecule has 0 fully saturated rings. The van der Waals surface area contributed by atoms with Crippen LogP contribution in [0, 0.1) is 6.92 Å². The number of oxazole rings is 1. The Morgan fingerprint density at radius 3 is 3.33 bits per heavy atom. The van der Waals surface area contributed by atoms with E-state index in [4.69, 9.17) is 4.42 Å². The molecule has 9 heavy (non-hydrogen) atoms. The molecule has 2 rings (SSSR count). The number of nitrogens with zero attached hydrogens (tertiary/aromatic N) is 2. The summed E-state index contributed by atoms with van der Waals surface area (Å²) in [5.41, 5.74) is 0.799. The molecular formula is C6H6N2O. The van der Waals surface area contributed by atoms with Crippen molar-refractivity contribution in [1.29, 1.82) is 0 Å². The number of hydrogen-bond acceptors (Lipinski definition) is 2. The number of rotatable bonds is 0. The van der Waals surface area contributed by atoms with Gasteiger partial charge in [-0.3, -0.25) is 4.40 Å². The van der Waals surface area contributed by atoms with Gasteiger partial charge in [-0.1, -0.05) is 0 Å². The Labute approximate surface area is 51.9 Å². The summed E-state index contributed by atoms with van der Waals surface area (Å²) in [4.78, 5) is 4.02. The average Bonchev–Trinajstić information content (AvgIpc) is 2.35. The number of hydrogen-bond donors (Lipinski definition) is 0. The van der Waals surface area contributed by atoms with E-state index in [1.165, 1.54) is 0 Å². The van der Waals surface area contributed by atoms with Crippen LogP contribution < -0.4 is 0 Å². The third-order valence-corrected chi connectivity index (χ3v) is 1.35. The van der Waals surface area contributed by atoms with E-state index in [9.17, 15) is 0 Å². The lowest BCUT2D eigenvalue weighted by atomic mass is 10.7. The first-order valence-electron chi connectivity index (χ1n) is 2.75. The highest BCUT2D eigenvalue weighted by Gasteiger charge is 1.97. The van der Waals surface area contributed by atoms with Crippen LogP contribution in [0.25, 0.3) is 5.71 Å². The standard InChI is InChI=1S/C6H6N2O/c1-5-7-4-6-8(5)2-3-9-6/h2-4H,1H3. The number of imidazole rings is 1. The van der Waals surface area contributed by atoms with Gasteiger partial charge in [-0.05, 0) is 6.92 Å². The molecule has 0 aliphatic carbocycles. The second-order valence-corrected chi connectivity index (χ2v) is 1.92. The molecule has 46 valence electrons. The van der Waals surface area contributed by atoms with Crippen molar-refractivity contribution in [2.24, 2.45) is 0 Å². The maximum atomic E-state index is 5.04. The van der Waals surface area contributed by atoms with Crippen molar-refractivity contribution < 1.29 is 4.42 Å². The van der Waals surface area contributed by atoms with E-state index in [1.807, 2.05) is 17.5 Å². The van der Waals surface area contributed by atoms with Gasteiger partial charge in [-0.2, -0.15) is 0 Å². The van der Waals surface area contributed by atoms with E-state index in [0.717, 1.165) is 11.5 Å². The van der Waals surface area contributed by atoms with E-state index < -0.39 is 0 Å². The second-order valence-electron chi connectivity index (χ2n) is 1.92. The number of aromatic nitrogens is 2. The third-order valence-electron chi connectivity index (χ3n) is 1.35. The fraction of sp³-hybridized carbons (Fsp3) is 0.167. The highest BCUT2D eigenvalue weighted by Crippen LogP contribution is 2.04. The van der Waals surface area contributed by atoms with Crippen molar-refractivity contribution in [2.45, 2.75) is 6.92 Å². The first kappa shape index (κ1) is 4.61. The van der Waals surface area contributed by atoms with Gasteiger partial charge < -0.3 is 4.42 Å². The lowest BCUT2D eigenvalue weighted by Crippen LogP contribution is -1.79. The van der Waals surface area contributed by atoms with Gasteiger partial charge in [0.15, 0.2) is 0 Å². The molecule has 0 bridgehead atoms. The third kappa shape index (κ3) is 0.483. The van der Waals surface area contributed by atoms with Crippen LogP contribution >= 0.6 is 0 Å². The van der Waals surface area contributed by atoms with Gasteiger partial charge in [0.25, 0.3) is 0 Å². The highest BCUT2D eigenvalue weighted by atomic mass is 16.3. The van der Waals surface area contributed by atoms with E-state index >= 15 is 0 Å². The molecular weight excluding hydrogens is 116 g/mol. The van der Waals surface area contributed by atoms with Gasteiger partial charge in [0.1, 0.15) is 12.1 Å². The van der Waals surface area contributed by atoms with E-state index in [2.05, 4.69) is 4.98 Å². The molecule has 0 radical (unpaired) electrons. The molecule has 0 aromatic carbocycles. The van der Waals surface area contributed by atoms with Crippen LogP contribution in [0.1, 0.15) is 5.82 Å². The summed E-state index contributed by atoms with van der Waals surface area (Å²) in [6.07, 6.45) is 5.19. The molecule has 2 heterocycles. The Balaban J connectivity index is 2.99. The second kappa shape index (κ2) is 1.37. The Kier molecular flexibility index (Phi) is 0.704. The van der Waals surface area contributed by atoms with Crippen molar-refractivity contribution >= 4 is 5.71 Å². The molecule has 0 atom stereocenters. The summed E-state index contributed by atoms with van der Waals surface area (Å²) in [7, 11) is 0. The molecule has 0 aliphatic heterocycles. The number of aryl methyl sites for hydroxylation is 1. The van der Waals surface area contributed by atoms with Crippen LogP contribution in [0.4, 0.5) is 0 Å². The first-order valence-corrected chi connectivity index (χ1v) is 2.75. The molecule has 2 aromatic rings. The van der Waals surface area contributed by atoms with Crippen LogP contribution in [0.2, 0.25) is 0 Å². The number of fused-ring (bicyclic) bond motifs is 1. The molecule has 0 N–H and O–H groups in total. The van der Waals surface area contributed by atoms with Gasteiger partial charge in [0, 0.05) is 6.20 Å². The predicted octanol–water partition coefficient (Wildman–Crippen LogP) is 1.24. The fourth-order valence-corrected chi connectivity index (χ4v) is 0.862. The summed E-state index contributed by atoms with van der Waals surface area (Å²) < 4.78 is 6.93. The Morgan fingerprint density at radius 2 is 2.56 bits per heavy atom. The lowest BCUT2D eigenvalue weighted by molar-refractivity contribution is 0.608. The zero-order valence-corrected chi connectivity index (χ0v) is 5.03. The zero-order chi connectivity index (χ0) is 6.27. The lowest BCUT2D eigenvalue weighted by Gasteiger charge is -1.80. The quantitative estimate of drug-likeness (QED) is 0.526. The van der Waals surface area contributed by atoms with Crippen LogP contribution in [-0.2, 0) is 0 Å². The maximum Gasteiger partial charge on any atom is 0.223 e. The van der Waals surface area contributed by atoms with Crippen LogP contribution in [0.15, 0.2) is 23.1 Å². The maximum absolute atomic E-state index is 5.04. The normalized spacial score (nSPS) is 10.8. The van der Waals surface area contributed by atoms with Crippen molar-refractivity contribution in [3.05, 3.63) is 24.5 Å². The molecule has 0 amide bonds. The van der Waals surface area contributed by atoms with E-state index in [-0.39, 0.29) is 0 Å². The fourth-order valence-electron chi connectivity index (χ4n) is 0.862. The Bertz CT molecular complexity index is 320. The molecule has 0 aliphatic rings. The van der Waals surface area contributed by atoms with Gasteiger partial charge in [-0.15, -0.1) is 0 Å². The van der Waals surface area contributed by atoms with Crippen LogP contribution in [-0.4, -0.2) is 9.38 Å². The van der Waals surface area contributed by atoms with Gasteiger partial charge in [0.05, 0.1) is 6.20 Å². The molecule has 0 unspecified atom stereocenters. The van der Waals surface area contributed by atoms with Crippen LogP contribution in [0.3, 0.4) is 0 Å². The minimum Gasteiger partial charge on any atom is -0.445 e. The average molecular weight is 122 g/mol. The summed E-state index contributed by atoms with van der Waals surface area (Å²) in [6, 6.07) is 0. The van der Waals surface area contributed by atoms with Gasteiger partial charge >= 0.3 is 0 Å². The summed E-state index contributed by atoms with van der Waals surface area (Å²) in [6.45, 7) is 1.93. The molecule has 2 aromatic heterocycles. The minimum absolute atomic E-state index is 0.799.